The molecule has 2 aliphatic heterocycles. The van der Waals surface area contributed by atoms with Crippen LogP contribution in [-0.2, 0) is 25.8 Å². The molecule has 1 aromatic heterocycles. The Morgan fingerprint density at radius 2 is 1.35 bits per heavy atom. The molecule has 1 saturated carbocycles. The fourth-order valence-corrected chi connectivity index (χ4v) is 7.85. The molecule has 2 saturated heterocycles. The van der Waals surface area contributed by atoms with Crippen LogP contribution in [0, 0.1) is 43.4 Å². The molecule has 3 aromatic rings. The van der Waals surface area contributed by atoms with Gasteiger partial charge in [0.15, 0.2) is 0 Å². The summed E-state index contributed by atoms with van der Waals surface area (Å²) in [4.78, 5) is 58.4. The van der Waals surface area contributed by atoms with E-state index in [1.54, 1.807) is 48.5 Å². The number of imide groups is 2. The van der Waals surface area contributed by atoms with Crippen LogP contribution in [0.5, 0.6) is 0 Å². The lowest BCUT2D eigenvalue weighted by Gasteiger charge is -2.43. The number of aliphatic hydroxyl groups is 1. The van der Waals surface area contributed by atoms with Crippen molar-refractivity contribution in [2.75, 3.05) is 9.80 Å². The van der Waals surface area contributed by atoms with Crippen LogP contribution in [0.3, 0.4) is 0 Å². The number of aryl methyl sites for hydroxylation is 2. The highest BCUT2D eigenvalue weighted by Crippen LogP contribution is 2.58. The van der Waals surface area contributed by atoms with Crippen molar-refractivity contribution in [3.63, 3.8) is 0 Å². The third kappa shape index (κ3) is 4.14. The molecule has 1 N–H and O–H groups in total. The van der Waals surface area contributed by atoms with Gasteiger partial charge in [-0.25, -0.2) is 9.80 Å². The van der Waals surface area contributed by atoms with E-state index in [1.165, 1.54) is 9.80 Å². The van der Waals surface area contributed by atoms with Gasteiger partial charge in [-0.15, -0.1) is 0 Å². The lowest BCUT2D eigenvalue weighted by atomic mass is 9.58. The van der Waals surface area contributed by atoms with Crippen molar-refractivity contribution in [3.05, 3.63) is 92.9 Å². The maximum atomic E-state index is 14.1. The minimum atomic E-state index is -0.775. The van der Waals surface area contributed by atoms with Gasteiger partial charge in [-0.2, -0.15) is 0 Å². The number of carbonyl (C=O) groups excluding carboxylic acids is 4. The maximum absolute atomic E-state index is 14.1. The molecule has 6 atom stereocenters. The average molecular weight is 620 g/mol. The summed E-state index contributed by atoms with van der Waals surface area (Å²) < 4.78 is 5.99. The molecule has 2 aliphatic carbocycles. The number of hydrogen-bond acceptors (Lipinski definition) is 6. The zero-order chi connectivity index (χ0) is 30.3. The molecule has 3 fully saturated rings. The molecule has 220 valence electrons. The van der Waals surface area contributed by atoms with Crippen LogP contribution in [0.4, 0.5) is 11.4 Å². The van der Waals surface area contributed by atoms with Crippen LogP contribution in [0.25, 0.3) is 0 Å². The number of benzene rings is 2. The van der Waals surface area contributed by atoms with Gasteiger partial charge >= 0.3 is 0 Å². The van der Waals surface area contributed by atoms with E-state index < -0.39 is 35.5 Å². The highest BCUT2D eigenvalue weighted by atomic mass is 35.5. The van der Waals surface area contributed by atoms with Gasteiger partial charge in [0.05, 0.1) is 41.0 Å². The number of allylic oxidation sites excluding steroid dienone is 2. The second-order valence-electron chi connectivity index (χ2n) is 11.9. The molecular weight excluding hydrogens is 591 g/mol. The number of halogens is 2. The first-order chi connectivity index (χ1) is 20.6. The van der Waals surface area contributed by atoms with Crippen molar-refractivity contribution in [3.8, 4) is 0 Å². The van der Waals surface area contributed by atoms with E-state index in [1.807, 2.05) is 19.9 Å². The normalized spacial score (nSPS) is 28.3. The summed E-state index contributed by atoms with van der Waals surface area (Å²) >= 11 is 12.7. The molecule has 8 nitrogen and oxygen atoms in total. The largest absolute Gasteiger partial charge is 0.463 e. The predicted octanol–water partition coefficient (Wildman–Crippen LogP) is 5.74. The van der Waals surface area contributed by atoms with Gasteiger partial charge < -0.3 is 9.52 Å². The van der Waals surface area contributed by atoms with E-state index in [0.717, 1.165) is 16.7 Å². The topological polar surface area (TPSA) is 108 Å². The van der Waals surface area contributed by atoms with Gasteiger partial charge in [0, 0.05) is 10.0 Å². The van der Waals surface area contributed by atoms with Crippen LogP contribution in [0.1, 0.15) is 41.4 Å². The van der Waals surface area contributed by atoms with Crippen LogP contribution < -0.4 is 9.80 Å². The Bertz CT molecular complexity index is 1760. The second-order valence-corrected chi connectivity index (χ2v) is 12.7. The van der Waals surface area contributed by atoms with Gasteiger partial charge in [-0.1, -0.05) is 47.0 Å². The maximum Gasteiger partial charge on any atom is 0.238 e. The Kier molecular flexibility index (Phi) is 6.65. The highest BCUT2D eigenvalue weighted by molar-refractivity contribution is 6.33. The van der Waals surface area contributed by atoms with Gasteiger partial charge in [0.1, 0.15) is 18.1 Å². The average Bonchev–Trinajstić information content (AvgIpc) is 3.64. The molecule has 0 radical (unpaired) electrons. The summed E-state index contributed by atoms with van der Waals surface area (Å²) in [5, 5.41) is 10.6. The first-order valence-electron chi connectivity index (χ1n) is 14.3. The SMILES string of the molecule is Cc1ccc(N2C(=O)[C@H]3[C@H](CC=C4[C@H]3C[C@H]3C(=O)N(c5ccc(C)c(Cl)c5)C(=O)[C@H]3[C@H]4c3ccc(CO)o3)C2=O)cc1Cl. The molecule has 4 aliphatic rings. The Hall–Kier alpha value is -3.72. The standard InChI is InChI=1S/C33H28Cl2N2O6/c1-15-3-5-17(11-24(15)34)36-30(39)21-9-8-20-22(27(21)32(36)41)13-23-29(28(20)26-10-7-19(14-38)43-26)33(42)37(31(23)40)18-6-4-16(2)25(35)12-18/h3-8,10-12,21-23,27-29,38H,9,13-14H2,1-2H3/t21-,22+,23+,27-,28+,29+/m0/s1. The summed E-state index contributed by atoms with van der Waals surface area (Å²) in [5.74, 6) is -4.51. The summed E-state index contributed by atoms with van der Waals surface area (Å²) in [7, 11) is 0. The van der Waals surface area contributed by atoms with Crippen molar-refractivity contribution in [2.45, 2.75) is 39.2 Å². The third-order valence-electron chi connectivity index (χ3n) is 9.62. The van der Waals surface area contributed by atoms with Gasteiger partial charge in [-0.05, 0) is 80.1 Å². The minimum Gasteiger partial charge on any atom is -0.463 e. The molecule has 4 amide bonds. The van der Waals surface area contributed by atoms with Gasteiger partial charge in [0.25, 0.3) is 0 Å². The molecule has 10 heteroatoms. The van der Waals surface area contributed by atoms with Crippen LogP contribution in [0.2, 0.25) is 10.0 Å². The molecule has 7 rings (SSSR count). The van der Waals surface area contributed by atoms with Crippen molar-refractivity contribution in [1.82, 2.24) is 0 Å². The summed E-state index contributed by atoms with van der Waals surface area (Å²) in [6, 6.07) is 13.6. The number of furan rings is 1. The number of aliphatic hydroxyl groups excluding tert-OH is 1. The third-order valence-corrected chi connectivity index (χ3v) is 10.4. The number of anilines is 2. The van der Waals surface area contributed by atoms with Crippen LogP contribution in [0.15, 0.2) is 64.6 Å². The fourth-order valence-electron chi connectivity index (χ4n) is 7.50. The van der Waals surface area contributed by atoms with E-state index in [0.29, 0.717) is 39.4 Å². The Morgan fingerprint density at radius 1 is 0.767 bits per heavy atom. The minimum absolute atomic E-state index is 0.240. The number of nitrogens with zero attached hydrogens (tertiary/aromatic N) is 2. The monoisotopic (exact) mass is 618 g/mol. The van der Waals surface area contributed by atoms with E-state index in [-0.39, 0.29) is 36.7 Å². The number of hydrogen-bond donors (Lipinski definition) is 1. The molecule has 0 unspecified atom stereocenters. The first-order valence-corrected chi connectivity index (χ1v) is 15.0. The predicted molar refractivity (Wildman–Crippen MR) is 160 cm³/mol. The summed E-state index contributed by atoms with van der Waals surface area (Å²) in [6.45, 7) is 3.36. The van der Waals surface area contributed by atoms with Crippen LogP contribution >= 0.6 is 23.2 Å². The van der Waals surface area contributed by atoms with Crippen molar-refractivity contribution < 1.29 is 28.7 Å². The highest BCUT2D eigenvalue weighted by Gasteiger charge is 2.62. The van der Waals surface area contributed by atoms with Crippen LogP contribution in [-0.4, -0.2) is 28.7 Å². The summed E-state index contributed by atoms with van der Waals surface area (Å²) in [5.41, 5.74) is 3.27. The fraction of sp³-hybridized carbons (Fsp3) is 0.333. The lowest BCUT2D eigenvalue weighted by molar-refractivity contribution is -0.126. The first kappa shape index (κ1) is 28.1. The Morgan fingerprint density at radius 3 is 1.91 bits per heavy atom. The number of amides is 4. The van der Waals surface area contributed by atoms with Crippen molar-refractivity contribution in [2.24, 2.45) is 29.6 Å². The quantitative estimate of drug-likeness (QED) is 0.295. The van der Waals surface area contributed by atoms with E-state index in [2.05, 4.69) is 0 Å². The zero-order valence-corrected chi connectivity index (χ0v) is 24.9. The molecule has 2 aromatic carbocycles. The van der Waals surface area contributed by atoms with Crippen molar-refractivity contribution >= 4 is 58.2 Å². The van der Waals surface area contributed by atoms with Gasteiger partial charge in [-0.3, -0.25) is 19.2 Å². The lowest BCUT2D eigenvalue weighted by Crippen LogP contribution is -2.43. The molecule has 0 spiro atoms. The molecule has 0 bridgehead atoms. The van der Waals surface area contributed by atoms with E-state index in [9.17, 15) is 24.3 Å². The summed E-state index contributed by atoms with van der Waals surface area (Å²) in [6.07, 6.45) is 2.51. The molecule has 43 heavy (non-hydrogen) atoms. The molecule has 3 heterocycles. The van der Waals surface area contributed by atoms with E-state index in [4.69, 9.17) is 27.6 Å². The van der Waals surface area contributed by atoms with Crippen molar-refractivity contribution in [1.29, 1.82) is 0 Å². The number of rotatable bonds is 4. The smallest absolute Gasteiger partial charge is 0.238 e. The Labute approximate surface area is 257 Å². The Balaban J connectivity index is 1.32. The number of fused-ring (bicyclic) bond motifs is 4. The number of carbonyl (C=O) groups is 4. The molecular formula is C33H28Cl2N2O6. The van der Waals surface area contributed by atoms with Gasteiger partial charge in [0.2, 0.25) is 23.6 Å². The zero-order valence-electron chi connectivity index (χ0n) is 23.4. The second kappa shape index (κ2) is 10.2. The van der Waals surface area contributed by atoms with E-state index >= 15 is 0 Å².